The molecule has 1 aliphatic rings. The zero-order valence-electron chi connectivity index (χ0n) is 12.7. The standard InChI is InChI=1S/C16H25N3O2/c1-18(11-9-17)12-15-8-5-10-19(15)16(20)21-13-14-6-3-2-4-7-14/h2-4,6-7,15H,5,8-13,17H2,1H3. The molecule has 0 radical (unpaired) electrons. The third-order valence-corrected chi connectivity index (χ3v) is 3.85. The Kier molecular flexibility index (Phi) is 6.02. The van der Waals surface area contributed by atoms with Crippen molar-refractivity contribution in [3.05, 3.63) is 35.9 Å². The van der Waals surface area contributed by atoms with Gasteiger partial charge in [0.2, 0.25) is 0 Å². The minimum absolute atomic E-state index is 0.206. The van der Waals surface area contributed by atoms with Gasteiger partial charge in [-0.05, 0) is 25.5 Å². The predicted octanol–water partition coefficient (Wildman–Crippen LogP) is 1.68. The van der Waals surface area contributed by atoms with E-state index in [-0.39, 0.29) is 12.1 Å². The normalized spacial score (nSPS) is 18.2. The summed E-state index contributed by atoms with van der Waals surface area (Å²) in [5.41, 5.74) is 6.58. The Bertz CT molecular complexity index is 438. The summed E-state index contributed by atoms with van der Waals surface area (Å²) in [6.45, 7) is 3.47. The summed E-state index contributed by atoms with van der Waals surface area (Å²) in [4.78, 5) is 16.3. The summed E-state index contributed by atoms with van der Waals surface area (Å²) < 4.78 is 5.43. The van der Waals surface area contributed by atoms with Crippen LogP contribution in [0.25, 0.3) is 0 Å². The van der Waals surface area contributed by atoms with Gasteiger partial charge in [-0.3, -0.25) is 0 Å². The van der Waals surface area contributed by atoms with Crippen molar-refractivity contribution in [2.45, 2.75) is 25.5 Å². The highest BCUT2D eigenvalue weighted by molar-refractivity contribution is 5.68. The van der Waals surface area contributed by atoms with Crippen molar-refractivity contribution in [1.82, 2.24) is 9.80 Å². The minimum atomic E-state index is -0.206. The Morgan fingerprint density at radius 3 is 2.90 bits per heavy atom. The number of nitrogens with two attached hydrogens (primary N) is 1. The van der Waals surface area contributed by atoms with E-state index in [9.17, 15) is 4.79 Å². The lowest BCUT2D eigenvalue weighted by molar-refractivity contribution is 0.0863. The molecule has 5 heteroatoms. The van der Waals surface area contributed by atoms with Gasteiger partial charge in [0.15, 0.2) is 0 Å². The molecule has 1 atom stereocenters. The van der Waals surface area contributed by atoms with E-state index >= 15 is 0 Å². The van der Waals surface area contributed by atoms with Gasteiger partial charge in [-0.1, -0.05) is 30.3 Å². The van der Waals surface area contributed by atoms with Crippen molar-refractivity contribution >= 4 is 6.09 Å². The molecule has 0 aromatic heterocycles. The first-order valence-corrected chi connectivity index (χ1v) is 7.56. The quantitative estimate of drug-likeness (QED) is 0.866. The predicted molar refractivity (Wildman–Crippen MR) is 82.9 cm³/mol. The van der Waals surface area contributed by atoms with Gasteiger partial charge in [0.05, 0.1) is 0 Å². The molecule has 5 nitrogen and oxygen atoms in total. The van der Waals surface area contributed by atoms with Crippen LogP contribution in [0.15, 0.2) is 30.3 Å². The lowest BCUT2D eigenvalue weighted by Crippen LogP contribution is -2.43. The van der Waals surface area contributed by atoms with Crippen LogP contribution in [0.1, 0.15) is 18.4 Å². The molecular formula is C16H25N3O2. The molecule has 0 aliphatic carbocycles. The number of rotatable bonds is 6. The SMILES string of the molecule is CN(CCN)CC1CCCN1C(=O)OCc1ccccc1. The molecular weight excluding hydrogens is 266 g/mol. The van der Waals surface area contributed by atoms with Crippen molar-refractivity contribution in [1.29, 1.82) is 0 Å². The highest BCUT2D eigenvalue weighted by atomic mass is 16.6. The van der Waals surface area contributed by atoms with Crippen LogP contribution in [0.3, 0.4) is 0 Å². The third-order valence-electron chi connectivity index (χ3n) is 3.85. The molecule has 0 saturated carbocycles. The number of hydrogen-bond donors (Lipinski definition) is 1. The number of likely N-dealkylation sites (N-methyl/N-ethyl adjacent to an activating group) is 1. The monoisotopic (exact) mass is 291 g/mol. The van der Waals surface area contributed by atoms with Crippen molar-refractivity contribution in [3.63, 3.8) is 0 Å². The van der Waals surface area contributed by atoms with E-state index in [1.165, 1.54) is 0 Å². The summed E-state index contributed by atoms with van der Waals surface area (Å²) in [7, 11) is 2.04. The Hall–Kier alpha value is -1.59. The summed E-state index contributed by atoms with van der Waals surface area (Å²) in [5, 5.41) is 0. The van der Waals surface area contributed by atoms with Crippen molar-refractivity contribution in [2.24, 2.45) is 5.73 Å². The fourth-order valence-corrected chi connectivity index (χ4v) is 2.74. The minimum Gasteiger partial charge on any atom is -0.445 e. The van der Waals surface area contributed by atoms with E-state index in [2.05, 4.69) is 4.90 Å². The Morgan fingerprint density at radius 2 is 2.19 bits per heavy atom. The van der Waals surface area contributed by atoms with Gasteiger partial charge in [-0.25, -0.2) is 4.79 Å². The molecule has 2 rings (SSSR count). The first-order valence-electron chi connectivity index (χ1n) is 7.56. The third kappa shape index (κ3) is 4.72. The first kappa shape index (κ1) is 15.8. The van der Waals surface area contributed by atoms with Crippen molar-refractivity contribution in [3.8, 4) is 0 Å². The highest BCUT2D eigenvalue weighted by Crippen LogP contribution is 2.19. The molecule has 21 heavy (non-hydrogen) atoms. The van der Waals surface area contributed by atoms with Crippen molar-refractivity contribution < 1.29 is 9.53 Å². The van der Waals surface area contributed by atoms with Gasteiger partial charge in [-0.2, -0.15) is 0 Å². The van der Waals surface area contributed by atoms with Crippen LogP contribution in [0, 0.1) is 0 Å². The average molecular weight is 291 g/mol. The maximum absolute atomic E-state index is 12.2. The zero-order valence-corrected chi connectivity index (χ0v) is 12.7. The summed E-state index contributed by atoms with van der Waals surface area (Å²) >= 11 is 0. The molecule has 2 N–H and O–H groups in total. The van der Waals surface area contributed by atoms with Crippen LogP contribution in [-0.2, 0) is 11.3 Å². The average Bonchev–Trinajstić information content (AvgIpc) is 2.94. The molecule has 1 heterocycles. The maximum Gasteiger partial charge on any atom is 0.410 e. The zero-order chi connectivity index (χ0) is 15.1. The topological polar surface area (TPSA) is 58.8 Å². The lowest BCUT2D eigenvalue weighted by Gasteiger charge is -2.28. The molecule has 1 saturated heterocycles. The van der Waals surface area contributed by atoms with E-state index in [0.29, 0.717) is 13.2 Å². The smallest absolute Gasteiger partial charge is 0.410 e. The molecule has 0 bridgehead atoms. The lowest BCUT2D eigenvalue weighted by atomic mass is 10.2. The number of nitrogens with zero attached hydrogens (tertiary/aromatic N) is 2. The highest BCUT2D eigenvalue weighted by Gasteiger charge is 2.30. The Morgan fingerprint density at radius 1 is 1.43 bits per heavy atom. The molecule has 1 aromatic carbocycles. The number of carbonyl (C=O) groups excluding carboxylic acids is 1. The van der Waals surface area contributed by atoms with Gasteiger partial charge < -0.3 is 20.3 Å². The molecule has 1 unspecified atom stereocenters. The van der Waals surface area contributed by atoms with Crippen LogP contribution in [0.4, 0.5) is 4.79 Å². The molecule has 1 fully saturated rings. The number of likely N-dealkylation sites (tertiary alicyclic amines) is 1. The van der Waals surface area contributed by atoms with E-state index in [1.54, 1.807) is 0 Å². The first-order chi connectivity index (χ1) is 10.2. The summed E-state index contributed by atoms with van der Waals surface area (Å²) in [6.07, 6.45) is 1.87. The largest absolute Gasteiger partial charge is 0.445 e. The molecule has 116 valence electrons. The van der Waals surface area contributed by atoms with Crippen molar-refractivity contribution in [2.75, 3.05) is 33.2 Å². The van der Waals surface area contributed by atoms with E-state index < -0.39 is 0 Å². The number of benzene rings is 1. The number of ether oxygens (including phenoxy) is 1. The maximum atomic E-state index is 12.2. The Labute approximate surface area is 126 Å². The van der Waals surface area contributed by atoms with Crippen LogP contribution in [0.2, 0.25) is 0 Å². The van der Waals surface area contributed by atoms with Gasteiger partial charge in [0.25, 0.3) is 0 Å². The summed E-state index contributed by atoms with van der Waals surface area (Å²) in [5.74, 6) is 0. The van der Waals surface area contributed by atoms with Gasteiger partial charge in [0.1, 0.15) is 6.61 Å². The second kappa shape index (κ2) is 8.00. The summed E-state index contributed by atoms with van der Waals surface area (Å²) in [6, 6.07) is 10.0. The molecule has 1 aliphatic heterocycles. The number of carbonyl (C=O) groups is 1. The second-order valence-electron chi connectivity index (χ2n) is 5.58. The van der Waals surface area contributed by atoms with Crippen LogP contribution >= 0.6 is 0 Å². The molecule has 1 amide bonds. The van der Waals surface area contributed by atoms with E-state index in [0.717, 1.165) is 38.0 Å². The van der Waals surface area contributed by atoms with Crippen LogP contribution < -0.4 is 5.73 Å². The molecule has 0 spiro atoms. The molecule has 1 aromatic rings. The van der Waals surface area contributed by atoms with E-state index in [1.807, 2.05) is 42.3 Å². The second-order valence-corrected chi connectivity index (χ2v) is 5.58. The van der Waals surface area contributed by atoms with E-state index in [4.69, 9.17) is 10.5 Å². The van der Waals surface area contributed by atoms with Crippen LogP contribution in [0.5, 0.6) is 0 Å². The number of amides is 1. The number of hydrogen-bond acceptors (Lipinski definition) is 4. The van der Waals surface area contributed by atoms with Gasteiger partial charge >= 0.3 is 6.09 Å². The fourth-order valence-electron chi connectivity index (χ4n) is 2.74. The van der Waals surface area contributed by atoms with Gasteiger partial charge in [-0.15, -0.1) is 0 Å². The fraction of sp³-hybridized carbons (Fsp3) is 0.562. The van der Waals surface area contributed by atoms with Gasteiger partial charge in [0, 0.05) is 32.2 Å². The Balaban J connectivity index is 1.83. The van der Waals surface area contributed by atoms with Crippen LogP contribution in [-0.4, -0.2) is 55.2 Å².